The Morgan fingerprint density at radius 3 is 2.19 bits per heavy atom. The van der Waals surface area contributed by atoms with E-state index in [1.165, 1.54) is 0 Å². The fraction of sp³-hybridized carbons (Fsp3) is 0.526. The van der Waals surface area contributed by atoms with E-state index < -0.39 is 6.09 Å². The summed E-state index contributed by atoms with van der Waals surface area (Å²) in [6, 6.07) is 6.66. The molecule has 1 aliphatic rings. The number of hydrogen-bond acceptors (Lipinski definition) is 6. The summed E-state index contributed by atoms with van der Waals surface area (Å²) in [5.74, 6) is -0.572. The highest BCUT2D eigenvalue weighted by Crippen LogP contribution is 2.08. The van der Waals surface area contributed by atoms with Gasteiger partial charge in [-0.15, -0.1) is 0 Å². The van der Waals surface area contributed by atoms with Gasteiger partial charge in [0.25, 0.3) is 0 Å². The molecule has 142 valence electrons. The third-order valence-electron chi connectivity index (χ3n) is 4.30. The number of carbonyl (C=O) groups excluding carboxylic acids is 3. The summed E-state index contributed by atoms with van der Waals surface area (Å²) in [7, 11) is 0. The van der Waals surface area contributed by atoms with Crippen LogP contribution >= 0.6 is 0 Å². The minimum Gasteiger partial charge on any atom is -0.462 e. The van der Waals surface area contributed by atoms with Gasteiger partial charge in [0.15, 0.2) is 12.4 Å². The van der Waals surface area contributed by atoms with Gasteiger partial charge in [-0.3, -0.25) is 4.79 Å². The lowest BCUT2D eigenvalue weighted by Gasteiger charge is -2.33. The van der Waals surface area contributed by atoms with Crippen molar-refractivity contribution in [2.45, 2.75) is 20.3 Å². The minimum absolute atomic E-state index is 0.153. The molecule has 0 bridgehead atoms. The Hall–Kier alpha value is -2.41. The number of rotatable bonds is 7. The van der Waals surface area contributed by atoms with E-state index in [4.69, 9.17) is 9.47 Å². The largest absolute Gasteiger partial charge is 0.462 e. The Morgan fingerprint density at radius 1 is 0.962 bits per heavy atom. The number of likely N-dealkylation sites (N-methyl/N-ethyl adjacent to an activating group) is 1. The van der Waals surface area contributed by atoms with Crippen molar-refractivity contribution in [2.75, 3.05) is 45.9 Å². The molecule has 0 aromatic heterocycles. The van der Waals surface area contributed by atoms with E-state index in [1.54, 1.807) is 36.1 Å². The molecule has 0 radical (unpaired) electrons. The summed E-state index contributed by atoms with van der Waals surface area (Å²) in [6.45, 7) is 7.77. The number of Topliss-reactive ketones (excluding diaryl/α,β-unsaturated/α-hetero) is 1. The predicted octanol–water partition coefficient (Wildman–Crippen LogP) is 1.75. The molecule has 1 heterocycles. The van der Waals surface area contributed by atoms with Crippen LogP contribution in [0.5, 0.6) is 0 Å². The van der Waals surface area contributed by atoms with Crippen molar-refractivity contribution < 1.29 is 23.9 Å². The van der Waals surface area contributed by atoms with Crippen molar-refractivity contribution in [3.8, 4) is 0 Å². The molecule has 1 aromatic rings. The Kier molecular flexibility index (Phi) is 7.59. The normalized spacial score (nSPS) is 14.8. The van der Waals surface area contributed by atoms with Crippen molar-refractivity contribution in [2.24, 2.45) is 0 Å². The number of piperazine rings is 1. The molecular formula is C19H26N2O5. The highest BCUT2D eigenvalue weighted by molar-refractivity contribution is 5.89. The summed E-state index contributed by atoms with van der Waals surface area (Å²) < 4.78 is 10.0. The summed E-state index contributed by atoms with van der Waals surface area (Å²) in [5, 5.41) is 0. The van der Waals surface area contributed by atoms with Crippen molar-refractivity contribution in [1.82, 2.24) is 9.80 Å². The first kappa shape index (κ1) is 19.9. The average Bonchev–Trinajstić information content (AvgIpc) is 2.67. The summed E-state index contributed by atoms with van der Waals surface area (Å²) in [5.41, 5.74) is 1.20. The minimum atomic E-state index is -0.438. The van der Waals surface area contributed by atoms with Gasteiger partial charge in [0.2, 0.25) is 0 Å². The molecule has 0 spiro atoms. The van der Waals surface area contributed by atoms with Gasteiger partial charge in [-0.2, -0.15) is 0 Å². The van der Waals surface area contributed by atoms with Crippen LogP contribution in [-0.4, -0.2) is 73.6 Å². The maximum absolute atomic E-state index is 12.0. The predicted molar refractivity (Wildman–Crippen MR) is 96.1 cm³/mol. The van der Waals surface area contributed by atoms with Crippen LogP contribution in [-0.2, 0) is 20.7 Å². The summed E-state index contributed by atoms with van der Waals surface area (Å²) >= 11 is 0. The molecule has 26 heavy (non-hydrogen) atoms. The molecule has 0 saturated carbocycles. The number of esters is 1. The van der Waals surface area contributed by atoms with Crippen LogP contribution in [0.25, 0.3) is 0 Å². The Balaban J connectivity index is 1.74. The average molecular weight is 362 g/mol. The van der Waals surface area contributed by atoms with Crippen molar-refractivity contribution >= 4 is 17.8 Å². The second-order valence-corrected chi connectivity index (χ2v) is 6.11. The lowest BCUT2D eigenvalue weighted by atomic mass is 10.1. The smallest absolute Gasteiger partial charge is 0.410 e. The van der Waals surface area contributed by atoms with Gasteiger partial charge >= 0.3 is 12.1 Å². The van der Waals surface area contributed by atoms with Gasteiger partial charge in [-0.1, -0.05) is 19.1 Å². The number of hydrogen-bond donors (Lipinski definition) is 0. The van der Waals surface area contributed by atoms with E-state index in [9.17, 15) is 14.4 Å². The quantitative estimate of drug-likeness (QED) is 0.688. The third-order valence-corrected chi connectivity index (χ3v) is 4.30. The molecule has 1 saturated heterocycles. The van der Waals surface area contributed by atoms with Gasteiger partial charge in [-0.25, -0.2) is 9.59 Å². The van der Waals surface area contributed by atoms with Gasteiger partial charge < -0.3 is 19.3 Å². The molecule has 7 heteroatoms. The summed E-state index contributed by atoms with van der Waals surface area (Å²) in [4.78, 5) is 39.5. The Labute approximate surface area is 153 Å². The Morgan fingerprint density at radius 2 is 1.62 bits per heavy atom. The van der Waals surface area contributed by atoms with Crippen molar-refractivity contribution in [1.29, 1.82) is 0 Å². The topological polar surface area (TPSA) is 76.2 Å². The standard InChI is InChI=1S/C19H26N2O5/c1-3-20-9-11-21(12-10-20)19(24)26-14-17(22)13-15-5-7-16(8-6-15)18(23)25-4-2/h5-8H,3-4,9-14H2,1-2H3. The van der Waals surface area contributed by atoms with Crippen LogP contribution in [0, 0.1) is 0 Å². The van der Waals surface area contributed by atoms with Crippen LogP contribution in [0.3, 0.4) is 0 Å². The van der Waals surface area contributed by atoms with Gasteiger partial charge in [0.05, 0.1) is 12.2 Å². The van der Waals surface area contributed by atoms with E-state index in [-0.39, 0.29) is 24.8 Å². The van der Waals surface area contributed by atoms with Crippen molar-refractivity contribution in [3.63, 3.8) is 0 Å². The molecule has 2 rings (SSSR count). The van der Waals surface area contributed by atoms with E-state index in [1.807, 2.05) is 0 Å². The molecule has 0 atom stereocenters. The molecule has 0 aliphatic carbocycles. The van der Waals surface area contributed by atoms with E-state index in [0.717, 1.165) is 25.2 Å². The first-order valence-electron chi connectivity index (χ1n) is 8.95. The number of carbonyl (C=O) groups is 3. The second-order valence-electron chi connectivity index (χ2n) is 6.11. The van der Waals surface area contributed by atoms with Crippen LogP contribution < -0.4 is 0 Å². The van der Waals surface area contributed by atoms with Crippen LogP contribution in [0.15, 0.2) is 24.3 Å². The SMILES string of the molecule is CCOC(=O)c1ccc(CC(=O)COC(=O)N2CCN(CC)CC2)cc1. The van der Waals surface area contributed by atoms with Crippen LogP contribution in [0.2, 0.25) is 0 Å². The fourth-order valence-electron chi connectivity index (χ4n) is 2.73. The Bertz CT molecular complexity index is 621. The molecule has 1 aromatic carbocycles. The zero-order valence-corrected chi connectivity index (χ0v) is 15.4. The highest BCUT2D eigenvalue weighted by atomic mass is 16.6. The highest BCUT2D eigenvalue weighted by Gasteiger charge is 2.21. The first-order chi connectivity index (χ1) is 12.5. The zero-order chi connectivity index (χ0) is 18.9. The molecule has 1 amide bonds. The van der Waals surface area contributed by atoms with Crippen LogP contribution in [0.4, 0.5) is 4.79 Å². The summed E-state index contributed by atoms with van der Waals surface area (Å²) in [6.07, 6.45) is -0.285. The number of ether oxygens (including phenoxy) is 2. The molecule has 7 nitrogen and oxygen atoms in total. The van der Waals surface area contributed by atoms with Gasteiger partial charge in [0.1, 0.15) is 0 Å². The van der Waals surface area contributed by atoms with Gasteiger partial charge in [-0.05, 0) is 31.2 Å². The van der Waals surface area contributed by atoms with Gasteiger partial charge in [0, 0.05) is 32.6 Å². The molecule has 1 aliphatic heterocycles. The number of benzene rings is 1. The molecular weight excluding hydrogens is 336 g/mol. The zero-order valence-electron chi connectivity index (χ0n) is 15.4. The van der Waals surface area contributed by atoms with Crippen LogP contribution in [0.1, 0.15) is 29.8 Å². The molecule has 1 fully saturated rings. The lowest BCUT2D eigenvalue weighted by molar-refractivity contribution is -0.121. The maximum atomic E-state index is 12.0. The number of ketones is 1. The van der Waals surface area contributed by atoms with Crippen molar-refractivity contribution in [3.05, 3.63) is 35.4 Å². The second kappa shape index (κ2) is 9.91. The molecule has 0 unspecified atom stereocenters. The first-order valence-corrected chi connectivity index (χ1v) is 8.95. The third kappa shape index (κ3) is 5.84. The van der Waals surface area contributed by atoms with E-state index in [0.29, 0.717) is 25.3 Å². The maximum Gasteiger partial charge on any atom is 0.410 e. The lowest BCUT2D eigenvalue weighted by Crippen LogP contribution is -2.48. The monoisotopic (exact) mass is 362 g/mol. The van der Waals surface area contributed by atoms with E-state index >= 15 is 0 Å². The number of nitrogens with zero attached hydrogens (tertiary/aromatic N) is 2. The fourth-order valence-corrected chi connectivity index (χ4v) is 2.73. The number of amides is 1. The van der Waals surface area contributed by atoms with E-state index in [2.05, 4.69) is 11.8 Å². The molecule has 0 N–H and O–H groups in total.